The molecule has 4 amide bonds. The molecule has 2 aliphatic heterocycles. The molecule has 2 atom stereocenters. The van der Waals surface area contributed by atoms with Crippen molar-refractivity contribution in [1.29, 1.82) is 0 Å². The van der Waals surface area contributed by atoms with Gasteiger partial charge in [0.1, 0.15) is 12.0 Å². The summed E-state index contributed by atoms with van der Waals surface area (Å²) in [6, 6.07) is 9.04. The summed E-state index contributed by atoms with van der Waals surface area (Å²) in [5.74, 6) is -0.451. The van der Waals surface area contributed by atoms with Crippen LogP contribution in [0.5, 0.6) is 0 Å². The monoisotopic (exact) mass is 518 g/mol. The molecule has 0 saturated carbocycles. The molecule has 1 fully saturated rings. The Morgan fingerprint density at radius 2 is 1.70 bits per heavy atom. The molecule has 10 nitrogen and oxygen atoms in total. The number of anilines is 1. The van der Waals surface area contributed by atoms with E-state index in [9.17, 15) is 27.6 Å². The number of carbonyl (C=O) groups is 3. The lowest BCUT2D eigenvalue weighted by atomic mass is 10.1. The quantitative estimate of drug-likeness (QED) is 0.462. The van der Waals surface area contributed by atoms with E-state index in [2.05, 4.69) is 20.9 Å². The van der Waals surface area contributed by atoms with Crippen LogP contribution in [0.1, 0.15) is 21.5 Å². The number of hydrogen-bond donors (Lipinski definition) is 4. The van der Waals surface area contributed by atoms with Crippen LogP contribution in [0.2, 0.25) is 0 Å². The lowest BCUT2D eigenvalue weighted by Crippen LogP contribution is -2.54. The number of amidine groups is 1. The van der Waals surface area contributed by atoms with Crippen LogP contribution in [0.15, 0.2) is 53.5 Å². The Hall–Kier alpha value is -4.13. The predicted molar refractivity (Wildman–Crippen MR) is 128 cm³/mol. The normalized spacial score (nSPS) is 19.5. The lowest BCUT2D eigenvalue weighted by Gasteiger charge is -2.26. The summed E-state index contributed by atoms with van der Waals surface area (Å²) in [5, 5.41) is 7.88. The molecule has 0 aliphatic carbocycles. The molecule has 0 radical (unpaired) electrons. The fourth-order valence-electron chi connectivity index (χ4n) is 3.94. The summed E-state index contributed by atoms with van der Waals surface area (Å²) in [6.45, 7) is 2.09. The maximum absolute atomic E-state index is 12.7. The van der Waals surface area contributed by atoms with Gasteiger partial charge in [0.05, 0.1) is 18.8 Å². The van der Waals surface area contributed by atoms with Gasteiger partial charge in [-0.15, -0.1) is 0 Å². The van der Waals surface area contributed by atoms with Crippen LogP contribution < -0.4 is 21.7 Å². The highest BCUT2D eigenvalue weighted by molar-refractivity contribution is 5.96. The molecule has 2 heterocycles. The number of nitrogens with zero attached hydrogens (tertiary/aromatic N) is 2. The van der Waals surface area contributed by atoms with Crippen molar-refractivity contribution in [3.05, 3.63) is 65.2 Å². The number of aliphatic imine (C=N–C) groups is 1. The number of alkyl halides is 3. The minimum absolute atomic E-state index is 0.0803. The molecule has 5 N–H and O–H groups in total. The lowest BCUT2D eigenvalue weighted by molar-refractivity contribution is -0.137. The average Bonchev–Trinajstić information content (AvgIpc) is 3.26. The Morgan fingerprint density at radius 3 is 2.30 bits per heavy atom. The van der Waals surface area contributed by atoms with E-state index in [-0.39, 0.29) is 18.0 Å². The van der Waals surface area contributed by atoms with Crippen molar-refractivity contribution in [3.8, 4) is 0 Å². The van der Waals surface area contributed by atoms with Gasteiger partial charge in [-0.2, -0.15) is 13.2 Å². The van der Waals surface area contributed by atoms with Gasteiger partial charge in [-0.3, -0.25) is 14.6 Å². The number of benzene rings is 2. The highest BCUT2D eigenvalue weighted by Crippen LogP contribution is 2.29. The van der Waals surface area contributed by atoms with Crippen molar-refractivity contribution in [2.24, 2.45) is 10.7 Å². The SMILES string of the molecule is NC(=O)C1N=C(Cc2ccc(C(=O)N3CCOCC3)cc2)NC1NC(=O)Nc1ccc(C(F)(F)F)cc1. The molecule has 1 saturated heterocycles. The number of amides is 4. The standard InChI is InChI=1S/C24H25F3N6O4/c25-24(26,27)16-5-7-17(8-6-16)29-23(36)32-21-19(20(28)34)30-18(31-21)13-14-1-3-15(4-2-14)22(35)33-9-11-37-12-10-33/h1-8,19,21H,9-13H2,(H2,28,34)(H,30,31)(H2,29,32,36). The molecule has 2 unspecified atom stereocenters. The number of hydrogen-bond acceptors (Lipinski definition) is 6. The van der Waals surface area contributed by atoms with Gasteiger partial charge in [-0.05, 0) is 42.0 Å². The van der Waals surface area contributed by atoms with Crippen molar-refractivity contribution < 1.29 is 32.3 Å². The highest BCUT2D eigenvalue weighted by atomic mass is 19.4. The van der Waals surface area contributed by atoms with Crippen LogP contribution in [0.4, 0.5) is 23.7 Å². The summed E-state index contributed by atoms with van der Waals surface area (Å²) in [4.78, 5) is 42.9. The number of nitrogens with two attached hydrogens (primary N) is 1. The minimum atomic E-state index is -4.49. The predicted octanol–water partition coefficient (Wildman–Crippen LogP) is 1.72. The second kappa shape index (κ2) is 10.9. The van der Waals surface area contributed by atoms with E-state index in [4.69, 9.17) is 10.5 Å². The van der Waals surface area contributed by atoms with Crippen LogP contribution >= 0.6 is 0 Å². The number of halogens is 3. The van der Waals surface area contributed by atoms with Gasteiger partial charge in [0.2, 0.25) is 5.91 Å². The molecule has 0 bridgehead atoms. The summed E-state index contributed by atoms with van der Waals surface area (Å²) < 4.78 is 43.4. The second-order valence-corrected chi connectivity index (χ2v) is 8.50. The fraction of sp³-hybridized carbons (Fsp3) is 0.333. The number of primary amides is 1. The van der Waals surface area contributed by atoms with Crippen molar-refractivity contribution in [2.45, 2.75) is 24.8 Å². The Bertz CT molecular complexity index is 1180. The van der Waals surface area contributed by atoms with Crippen LogP contribution in [-0.4, -0.2) is 67.1 Å². The number of carbonyl (C=O) groups excluding carboxylic acids is 3. The third-order valence-electron chi connectivity index (χ3n) is 5.85. The maximum atomic E-state index is 12.7. The van der Waals surface area contributed by atoms with Crippen LogP contribution in [-0.2, 0) is 22.1 Å². The molecule has 2 aromatic carbocycles. The number of morpholine rings is 1. The zero-order valence-corrected chi connectivity index (χ0v) is 19.5. The van der Waals surface area contributed by atoms with Gasteiger partial charge in [0.15, 0.2) is 6.04 Å². The summed E-state index contributed by atoms with van der Waals surface area (Å²) in [6.07, 6.45) is -5.16. The van der Waals surface area contributed by atoms with E-state index in [0.717, 1.165) is 29.8 Å². The third kappa shape index (κ3) is 6.55. The van der Waals surface area contributed by atoms with Gasteiger partial charge in [-0.1, -0.05) is 12.1 Å². The molecule has 13 heteroatoms. The first-order valence-corrected chi connectivity index (χ1v) is 11.4. The first kappa shape index (κ1) is 25.9. The van der Waals surface area contributed by atoms with Crippen molar-refractivity contribution in [1.82, 2.24) is 15.5 Å². The first-order valence-electron chi connectivity index (χ1n) is 11.4. The second-order valence-electron chi connectivity index (χ2n) is 8.50. The molecule has 196 valence electrons. The number of urea groups is 1. The van der Waals surface area contributed by atoms with E-state index < -0.39 is 35.9 Å². The molecule has 4 rings (SSSR count). The summed E-state index contributed by atoms with van der Waals surface area (Å²) in [5.41, 5.74) is 6.07. The molecule has 37 heavy (non-hydrogen) atoms. The molecule has 2 aliphatic rings. The van der Waals surface area contributed by atoms with Crippen LogP contribution in [0, 0.1) is 0 Å². The van der Waals surface area contributed by atoms with Crippen LogP contribution in [0.3, 0.4) is 0 Å². The van der Waals surface area contributed by atoms with Gasteiger partial charge in [0.25, 0.3) is 5.91 Å². The van der Waals surface area contributed by atoms with E-state index in [1.54, 1.807) is 29.2 Å². The maximum Gasteiger partial charge on any atom is 0.416 e. The molecule has 0 spiro atoms. The number of ether oxygens (including phenoxy) is 1. The minimum Gasteiger partial charge on any atom is -0.378 e. The van der Waals surface area contributed by atoms with Gasteiger partial charge >= 0.3 is 12.2 Å². The molecule has 0 aromatic heterocycles. The van der Waals surface area contributed by atoms with Crippen molar-refractivity contribution in [3.63, 3.8) is 0 Å². The van der Waals surface area contributed by atoms with E-state index in [0.29, 0.717) is 37.7 Å². The largest absolute Gasteiger partial charge is 0.416 e. The molecule has 2 aromatic rings. The summed E-state index contributed by atoms with van der Waals surface area (Å²) >= 11 is 0. The van der Waals surface area contributed by atoms with E-state index in [1.807, 2.05) is 0 Å². The van der Waals surface area contributed by atoms with Crippen LogP contribution in [0.25, 0.3) is 0 Å². The van der Waals surface area contributed by atoms with Gasteiger partial charge in [-0.25, -0.2) is 4.79 Å². The smallest absolute Gasteiger partial charge is 0.378 e. The first-order chi connectivity index (χ1) is 17.6. The van der Waals surface area contributed by atoms with Gasteiger partial charge < -0.3 is 31.3 Å². The third-order valence-corrected chi connectivity index (χ3v) is 5.85. The van der Waals surface area contributed by atoms with Gasteiger partial charge in [0, 0.05) is 30.8 Å². The average molecular weight is 518 g/mol. The topological polar surface area (TPSA) is 138 Å². The molecular formula is C24H25F3N6O4. The number of rotatable bonds is 6. The van der Waals surface area contributed by atoms with E-state index in [1.165, 1.54) is 0 Å². The fourth-order valence-corrected chi connectivity index (χ4v) is 3.94. The Morgan fingerprint density at radius 1 is 1.05 bits per heavy atom. The number of nitrogens with one attached hydrogen (secondary N) is 3. The Kier molecular flexibility index (Phi) is 7.62. The highest BCUT2D eigenvalue weighted by Gasteiger charge is 2.34. The zero-order chi connectivity index (χ0) is 26.6. The van der Waals surface area contributed by atoms with E-state index >= 15 is 0 Å². The zero-order valence-electron chi connectivity index (χ0n) is 19.5. The van der Waals surface area contributed by atoms with Crippen molar-refractivity contribution in [2.75, 3.05) is 31.6 Å². The Labute approximate surface area is 210 Å². The summed E-state index contributed by atoms with van der Waals surface area (Å²) in [7, 11) is 0. The van der Waals surface area contributed by atoms with Crippen molar-refractivity contribution >= 4 is 29.4 Å². The Balaban J connectivity index is 1.34. The molecular weight excluding hydrogens is 493 g/mol.